The molecule has 0 aliphatic carbocycles. The van der Waals surface area contributed by atoms with Gasteiger partial charge in [-0.1, -0.05) is 96.6 Å². The van der Waals surface area contributed by atoms with Gasteiger partial charge in [-0.25, -0.2) is 8.42 Å². The van der Waals surface area contributed by atoms with Crippen LogP contribution in [0.15, 0.2) is 108 Å². The van der Waals surface area contributed by atoms with Crippen LogP contribution in [-0.4, -0.2) is 19.3 Å². The van der Waals surface area contributed by atoms with Gasteiger partial charge in [0.1, 0.15) is 6.04 Å². The molecule has 0 aliphatic rings. The second-order valence-electron chi connectivity index (χ2n) is 7.17. The van der Waals surface area contributed by atoms with Gasteiger partial charge in [-0.15, -0.1) is 6.42 Å². The van der Waals surface area contributed by atoms with Crippen LogP contribution >= 0.6 is 0 Å². The van der Waals surface area contributed by atoms with Gasteiger partial charge in [-0.2, -0.15) is 4.31 Å². The molecule has 0 fully saturated rings. The number of benzene rings is 4. The summed E-state index contributed by atoms with van der Waals surface area (Å²) in [6, 6.07) is 30.8. The van der Waals surface area contributed by atoms with Gasteiger partial charge in [0.25, 0.3) is 0 Å². The van der Waals surface area contributed by atoms with Crippen molar-refractivity contribution in [3.8, 4) is 24.2 Å². The van der Waals surface area contributed by atoms with Crippen LogP contribution < -0.4 is 0 Å². The first-order chi connectivity index (χ1) is 15.6. The molecule has 4 aromatic carbocycles. The first-order valence-electron chi connectivity index (χ1n) is 10.2. The molecule has 4 heteroatoms. The van der Waals surface area contributed by atoms with Gasteiger partial charge in [0, 0.05) is 5.56 Å². The zero-order chi connectivity index (χ0) is 22.4. The van der Waals surface area contributed by atoms with Crippen molar-refractivity contribution in [3.05, 3.63) is 114 Å². The predicted octanol–water partition coefficient (Wildman–Crippen LogP) is 5.26. The highest BCUT2D eigenvalue weighted by Crippen LogP contribution is 2.32. The molecule has 1 unspecified atom stereocenters. The van der Waals surface area contributed by atoms with Gasteiger partial charge < -0.3 is 0 Å². The minimum atomic E-state index is -3.90. The quantitative estimate of drug-likeness (QED) is 0.401. The minimum absolute atomic E-state index is 0.103. The molecule has 3 nitrogen and oxygen atoms in total. The van der Waals surface area contributed by atoms with E-state index < -0.39 is 16.1 Å². The lowest BCUT2D eigenvalue weighted by molar-refractivity contribution is 0.412. The molecule has 0 amide bonds. The fraction of sp³-hybridized carbons (Fsp3) is 0.0714. The third-order valence-electron chi connectivity index (χ3n) is 5.13. The normalized spacial score (nSPS) is 12.0. The molecule has 0 bridgehead atoms. The van der Waals surface area contributed by atoms with Gasteiger partial charge in [-0.05, 0) is 40.6 Å². The van der Waals surface area contributed by atoms with E-state index in [2.05, 4.69) is 17.8 Å². The van der Waals surface area contributed by atoms with E-state index in [9.17, 15) is 8.42 Å². The van der Waals surface area contributed by atoms with E-state index in [0.29, 0.717) is 0 Å². The smallest absolute Gasteiger partial charge is 0.207 e. The highest BCUT2D eigenvalue weighted by molar-refractivity contribution is 7.89. The van der Waals surface area contributed by atoms with Crippen LogP contribution in [0.5, 0.6) is 0 Å². The molecule has 156 valence electrons. The van der Waals surface area contributed by atoms with E-state index in [1.165, 1.54) is 4.31 Å². The lowest BCUT2D eigenvalue weighted by Crippen LogP contribution is -2.35. The average molecular weight is 436 g/mol. The Hall–Kier alpha value is -3.83. The first kappa shape index (κ1) is 21.4. The number of terminal acetylenes is 1. The molecule has 0 aliphatic heterocycles. The van der Waals surface area contributed by atoms with Crippen molar-refractivity contribution in [2.24, 2.45) is 0 Å². The summed E-state index contributed by atoms with van der Waals surface area (Å²) in [5.74, 6) is 8.87. The summed E-state index contributed by atoms with van der Waals surface area (Å²) in [7, 11) is -3.90. The maximum absolute atomic E-state index is 13.6. The van der Waals surface area contributed by atoms with E-state index in [1.54, 1.807) is 30.3 Å². The van der Waals surface area contributed by atoms with Gasteiger partial charge >= 0.3 is 0 Å². The first-order valence-corrected chi connectivity index (χ1v) is 11.6. The van der Waals surface area contributed by atoms with E-state index in [1.807, 2.05) is 72.8 Å². The summed E-state index contributed by atoms with van der Waals surface area (Å²) < 4.78 is 28.6. The number of nitrogens with zero attached hydrogens (tertiary/aromatic N) is 1. The number of fused-ring (bicyclic) bond motifs is 1. The topological polar surface area (TPSA) is 37.4 Å². The summed E-state index contributed by atoms with van der Waals surface area (Å²) >= 11 is 0. The maximum atomic E-state index is 13.6. The second kappa shape index (κ2) is 9.54. The molecule has 0 spiro atoms. The van der Waals surface area contributed by atoms with Gasteiger partial charge in [-0.3, -0.25) is 0 Å². The van der Waals surface area contributed by atoms with E-state index >= 15 is 0 Å². The number of rotatable bonds is 5. The summed E-state index contributed by atoms with van der Waals surface area (Å²) in [6.07, 6.45) is 5.64. The molecular formula is C28H21NO2S. The van der Waals surface area contributed by atoms with Gasteiger partial charge in [0.2, 0.25) is 10.0 Å². The van der Waals surface area contributed by atoms with Gasteiger partial charge in [0.15, 0.2) is 0 Å². The Bertz CT molecular complexity index is 1420. The Labute approximate surface area is 189 Å². The van der Waals surface area contributed by atoms with Crippen LogP contribution in [0, 0.1) is 24.2 Å². The van der Waals surface area contributed by atoms with E-state index in [4.69, 9.17) is 6.42 Å². The third kappa shape index (κ3) is 4.43. The molecule has 0 saturated carbocycles. The summed E-state index contributed by atoms with van der Waals surface area (Å²) in [6.45, 7) is -0.103. The highest BCUT2D eigenvalue weighted by atomic mass is 32.2. The molecule has 4 rings (SSSR count). The van der Waals surface area contributed by atoms with Crippen LogP contribution in [0.4, 0.5) is 0 Å². The molecule has 32 heavy (non-hydrogen) atoms. The SMILES string of the molecule is C#CCN(C(C#Cc1ccccc1)c1cccc2ccccc12)S(=O)(=O)c1ccccc1. The third-order valence-corrected chi connectivity index (χ3v) is 6.96. The molecule has 0 saturated heterocycles. The van der Waals surface area contributed by atoms with Crippen LogP contribution in [0.3, 0.4) is 0 Å². The van der Waals surface area contributed by atoms with Crippen molar-refractivity contribution < 1.29 is 8.42 Å². The number of sulfonamides is 1. The lowest BCUT2D eigenvalue weighted by atomic mass is 9.98. The van der Waals surface area contributed by atoms with Crippen LogP contribution in [-0.2, 0) is 10.0 Å². The second-order valence-corrected chi connectivity index (χ2v) is 9.06. The van der Waals surface area contributed by atoms with E-state index in [-0.39, 0.29) is 11.4 Å². The standard InChI is InChI=1S/C28H21NO2S/c1-2-22-29(32(30,31)25-16-7-4-8-17-25)28(21-20-23-12-5-3-6-13-23)27-19-11-15-24-14-9-10-18-26(24)27/h1,3-19,28H,22H2. The summed E-state index contributed by atoms with van der Waals surface area (Å²) in [4.78, 5) is 0.182. The van der Waals surface area contributed by atoms with E-state index in [0.717, 1.165) is 21.9 Å². The van der Waals surface area contributed by atoms with Gasteiger partial charge in [0.05, 0.1) is 11.4 Å². The van der Waals surface area contributed by atoms with Crippen LogP contribution in [0.2, 0.25) is 0 Å². The molecule has 1 atom stereocenters. The highest BCUT2D eigenvalue weighted by Gasteiger charge is 2.32. The van der Waals surface area contributed by atoms with Crippen molar-refractivity contribution >= 4 is 20.8 Å². The molecule has 0 N–H and O–H groups in total. The summed E-state index contributed by atoms with van der Waals surface area (Å²) in [5.41, 5.74) is 1.59. The van der Waals surface area contributed by atoms with Crippen molar-refractivity contribution in [2.75, 3.05) is 6.54 Å². The van der Waals surface area contributed by atoms with Crippen molar-refractivity contribution in [1.29, 1.82) is 0 Å². The Balaban J connectivity index is 1.93. The zero-order valence-corrected chi connectivity index (χ0v) is 18.2. The van der Waals surface area contributed by atoms with Crippen molar-refractivity contribution in [2.45, 2.75) is 10.9 Å². The molecule has 4 aromatic rings. The average Bonchev–Trinajstić information content (AvgIpc) is 2.84. The minimum Gasteiger partial charge on any atom is -0.207 e. The van der Waals surface area contributed by atoms with Crippen LogP contribution in [0.1, 0.15) is 17.2 Å². The van der Waals surface area contributed by atoms with Crippen molar-refractivity contribution in [3.63, 3.8) is 0 Å². The maximum Gasteiger partial charge on any atom is 0.245 e. The molecular weight excluding hydrogens is 414 g/mol. The predicted molar refractivity (Wildman–Crippen MR) is 129 cm³/mol. The molecule has 0 heterocycles. The fourth-order valence-electron chi connectivity index (χ4n) is 3.60. The monoisotopic (exact) mass is 435 g/mol. The number of hydrogen-bond donors (Lipinski definition) is 0. The summed E-state index contributed by atoms with van der Waals surface area (Å²) in [5, 5.41) is 1.95. The fourth-order valence-corrected chi connectivity index (χ4v) is 5.06. The lowest BCUT2D eigenvalue weighted by Gasteiger charge is -2.27. The largest absolute Gasteiger partial charge is 0.245 e. The zero-order valence-electron chi connectivity index (χ0n) is 17.3. The molecule has 0 radical (unpaired) electrons. The van der Waals surface area contributed by atoms with Crippen LogP contribution in [0.25, 0.3) is 10.8 Å². The Kier molecular flexibility index (Phi) is 6.38. The Morgan fingerprint density at radius 3 is 2.12 bits per heavy atom. The molecule has 0 aromatic heterocycles. The number of hydrogen-bond acceptors (Lipinski definition) is 2. The Morgan fingerprint density at radius 1 is 0.781 bits per heavy atom. The van der Waals surface area contributed by atoms with Crippen molar-refractivity contribution in [1.82, 2.24) is 4.31 Å². The Morgan fingerprint density at radius 2 is 1.41 bits per heavy atom.